The molecule has 0 N–H and O–H groups in total. The molecule has 0 amide bonds. The number of rotatable bonds is 5. The van der Waals surface area contributed by atoms with E-state index in [2.05, 4.69) is 20.3 Å². The summed E-state index contributed by atoms with van der Waals surface area (Å²) in [5.41, 5.74) is 2.55. The highest BCUT2D eigenvalue weighted by Gasteiger charge is 2.14. The Bertz CT molecular complexity index is 1370. The Kier molecular flexibility index (Phi) is 4.64. The van der Waals surface area contributed by atoms with Crippen LogP contribution in [0, 0.1) is 0 Å². The van der Waals surface area contributed by atoms with Crippen molar-refractivity contribution in [3.05, 3.63) is 83.1 Å². The van der Waals surface area contributed by atoms with Gasteiger partial charge in [0.15, 0.2) is 5.65 Å². The summed E-state index contributed by atoms with van der Waals surface area (Å²) in [5.74, 6) is 0.770. The van der Waals surface area contributed by atoms with Gasteiger partial charge in [-0.1, -0.05) is 35.5 Å². The maximum atomic E-state index is 12.8. The zero-order chi connectivity index (χ0) is 20.5. The quantitative estimate of drug-likeness (QED) is 0.406. The normalized spacial score (nSPS) is 11.2. The van der Waals surface area contributed by atoms with Gasteiger partial charge in [0, 0.05) is 16.0 Å². The molecular formula is C21H16N6O2S. The fraction of sp³-hybridized carbons (Fsp3) is 0.0952. The smallest absolute Gasteiger partial charge is 0.337 e. The standard InChI is InChI=1S/C21H16N6O2S/c1-30-16-9-7-15(8-10-16)20-22-19(29-25-20)13-26-21(28)27-18(24-26)12-11-17(23-27)14-5-3-2-4-6-14/h2-12H,13H2,1H3. The molecule has 0 saturated heterocycles. The van der Waals surface area contributed by atoms with Gasteiger partial charge in [-0.3, -0.25) is 0 Å². The largest absolute Gasteiger partial charge is 0.367 e. The van der Waals surface area contributed by atoms with Crippen molar-refractivity contribution in [3.63, 3.8) is 0 Å². The van der Waals surface area contributed by atoms with E-state index in [0.29, 0.717) is 23.1 Å². The molecule has 30 heavy (non-hydrogen) atoms. The van der Waals surface area contributed by atoms with Gasteiger partial charge in [0.05, 0.1) is 5.69 Å². The zero-order valence-corrected chi connectivity index (χ0v) is 16.8. The number of hydrogen-bond donors (Lipinski definition) is 0. The van der Waals surface area contributed by atoms with Gasteiger partial charge in [-0.2, -0.15) is 14.6 Å². The lowest BCUT2D eigenvalue weighted by Gasteiger charge is -1.99. The lowest BCUT2D eigenvalue weighted by molar-refractivity contribution is 0.364. The fourth-order valence-electron chi connectivity index (χ4n) is 3.08. The van der Waals surface area contributed by atoms with Crippen molar-refractivity contribution < 1.29 is 4.52 Å². The molecule has 0 aliphatic rings. The lowest BCUT2D eigenvalue weighted by atomic mass is 10.1. The second kappa shape index (κ2) is 7.60. The molecule has 0 spiro atoms. The molecular weight excluding hydrogens is 400 g/mol. The zero-order valence-electron chi connectivity index (χ0n) is 16.0. The molecule has 5 rings (SSSR count). The van der Waals surface area contributed by atoms with Gasteiger partial charge in [-0.05, 0) is 42.7 Å². The Morgan fingerprint density at radius 3 is 2.50 bits per heavy atom. The van der Waals surface area contributed by atoms with Crippen LogP contribution in [0.5, 0.6) is 0 Å². The molecule has 9 heteroatoms. The van der Waals surface area contributed by atoms with Crippen LogP contribution in [-0.2, 0) is 6.54 Å². The molecule has 0 saturated carbocycles. The molecule has 148 valence electrons. The minimum atomic E-state index is -0.369. The Balaban J connectivity index is 1.43. The van der Waals surface area contributed by atoms with Gasteiger partial charge < -0.3 is 4.52 Å². The Labute approximate surface area is 175 Å². The predicted molar refractivity (Wildman–Crippen MR) is 113 cm³/mol. The predicted octanol–water partition coefficient (Wildman–Crippen LogP) is 3.38. The number of hydrogen-bond acceptors (Lipinski definition) is 7. The van der Waals surface area contributed by atoms with Crippen molar-refractivity contribution in [2.75, 3.05) is 6.26 Å². The van der Waals surface area contributed by atoms with Gasteiger partial charge in [-0.25, -0.2) is 9.48 Å². The van der Waals surface area contributed by atoms with Crippen LogP contribution in [0.2, 0.25) is 0 Å². The number of thioether (sulfide) groups is 1. The summed E-state index contributed by atoms with van der Waals surface area (Å²) in [6, 6.07) is 21.1. The second-order valence-corrected chi connectivity index (χ2v) is 7.41. The van der Waals surface area contributed by atoms with Gasteiger partial charge in [0.1, 0.15) is 6.54 Å². The molecule has 0 aliphatic carbocycles. The first kappa shape index (κ1) is 18.3. The monoisotopic (exact) mass is 416 g/mol. The van der Waals surface area contributed by atoms with E-state index in [-0.39, 0.29) is 12.2 Å². The highest BCUT2D eigenvalue weighted by molar-refractivity contribution is 7.98. The molecule has 0 atom stereocenters. The van der Waals surface area contributed by atoms with E-state index in [4.69, 9.17) is 4.52 Å². The first-order chi connectivity index (χ1) is 14.7. The Morgan fingerprint density at radius 2 is 1.73 bits per heavy atom. The maximum Gasteiger partial charge on any atom is 0.367 e. The van der Waals surface area contributed by atoms with Crippen LogP contribution in [-0.4, -0.2) is 35.8 Å². The van der Waals surface area contributed by atoms with Crippen molar-refractivity contribution in [1.29, 1.82) is 0 Å². The summed E-state index contributed by atoms with van der Waals surface area (Å²) in [4.78, 5) is 18.3. The van der Waals surface area contributed by atoms with E-state index in [1.807, 2.05) is 66.9 Å². The van der Waals surface area contributed by atoms with Crippen LogP contribution in [0.25, 0.3) is 28.3 Å². The third kappa shape index (κ3) is 3.39. The summed E-state index contributed by atoms with van der Waals surface area (Å²) in [6.07, 6.45) is 2.02. The molecule has 5 aromatic rings. The fourth-order valence-corrected chi connectivity index (χ4v) is 3.49. The van der Waals surface area contributed by atoms with E-state index in [1.54, 1.807) is 17.8 Å². The van der Waals surface area contributed by atoms with Gasteiger partial charge in [-0.15, -0.1) is 16.9 Å². The molecule has 3 heterocycles. The molecule has 3 aromatic heterocycles. The van der Waals surface area contributed by atoms with Crippen LogP contribution >= 0.6 is 11.8 Å². The Morgan fingerprint density at radius 1 is 0.933 bits per heavy atom. The van der Waals surface area contributed by atoms with Crippen molar-refractivity contribution in [3.8, 4) is 22.6 Å². The average molecular weight is 416 g/mol. The number of fused-ring (bicyclic) bond motifs is 1. The van der Waals surface area contributed by atoms with E-state index in [9.17, 15) is 4.79 Å². The van der Waals surface area contributed by atoms with E-state index >= 15 is 0 Å². The number of aromatic nitrogens is 6. The first-order valence-electron chi connectivity index (χ1n) is 9.20. The molecule has 0 aliphatic heterocycles. The van der Waals surface area contributed by atoms with Gasteiger partial charge >= 0.3 is 5.69 Å². The summed E-state index contributed by atoms with van der Waals surface area (Å²) in [6.45, 7) is 0.0682. The molecule has 8 nitrogen and oxygen atoms in total. The lowest BCUT2D eigenvalue weighted by Crippen LogP contribution is -2.23. The molecule has 0 bridgehead atoms. The summed E-state index contributed by atoms with van der Waals surface area (Å²) in [7, 11) is 0. The van der Waals surface area contributed by atoms with Crippen LogP contribution in [0.4, 0.5) is 0 Å². The van der Waals surface area contributed by atoms with E-state index in [1.165, 1.54) is 9.20 Å². The molecule has 0 radical (unpaired) electrons. The first-order valence-corrected chi connectivity index (χ1v) is 10.4. The van der Waals surface area contributed by atoms with Crippen LogP contribution in [0.1, 0.15) is 5.89 Å². The average Bonchev–Trinajstić information content (AvgIpc) is 3.39. The Hall–Kier alpha value is -3.72. The van der Waals surface area contributed by atoms with Gasteiger partial charge in [0.2, 0.25) is 11.7 Å². The van der Waals surface area contributed by atoms with Crippen LogP contribution in [0.3, 0.4) is 0 Å². The SMILES string of the molecule is CSc1ccc(-c2noc(Cn3nc4ccc(-c5ccccc5)nn4c3=O)n2)cc1. The minimum Gasteiger partial charge on any atom is -0.337 e. The third-order valence-electron chi connectivity index (χ3n) is 4.61. The van der Waals surface area contributed by atoms with E-state index in [0.717, 1.165) is 16.0 Å². The van der Waals surface area contributed by atoms with Crippen molar-refractivity contribution in [2.24, 2.45) is 0 Å². The second-order valence-electron chi connectivity index (χ2n) is 6.54. The van der Waals surface area contributed by atoms with E-state index < -0.39 is 0 Å². The van der Waals surface area contributed by atoms with Crippen molar-refractivity contribution in [1.82, 2.24) is 29.5 Å². The summed E-state index contributed by atoms with van der Waals surface area (Å²) in [5, 5.41) is 12.8. The van der Waals surface area contributed by atoms with Crippen LogP contribution in [0.15, 0.2) is 80.9 Å². The highest BCUT2D eigenvalue weighted by Crippen LogP contribution is 2.21. The summed E-state index contributed by atoms with van der Waals surface area (Å²) < 4.78 is 7.88. The highest BCUT2D eigenvalue weighted by atomic mass is 32.2. The molecule has 0 unspecified atom stereocenters. The molecule has 0 fully saturated rings. The van der Waals surface area contributed by atoms with Crippen LogP contribution < -0.4 is 5.69 Å². The third-order valence-corrected chi connectivity index (χ3v) is 5.35. The summed E-state index contributed by atoms with van der Waals surface area (Å²) >= 11 is 1.66. The number of nitrogens with zero attached hydrogens (tertiary/aromatic N) is 6. The topological polar surface area (TPSA) is 91.1 Å². The maximum absolute atomic E-state index is 12.8. The van der Waals surface area contributed by atoms with Gasteiger partial charge in [0.25, 0.3) is 0 Å². The van der Waals surface area contributed by atoms with Crippen molar-refractivity contribution in [2.45, 2.75) is 11.4 Å². The van der Waals surface area contributed by atoms with Crippen molar-refractivity contribution >= 4 is 17.4 Å². The molecule has 2 aromatic carbocycles. The number of benzene rings is 2. The minimum absolute atomic E-state index is 0.0682.